The van der Waals surface area contributed by atoms with E-state index in [4.69, 9.17) is 9.98 Å². The Kier molecular flexibility index (Phi) is 5.76. The number of hydrogen-bond acceptors (Lipinski definition) is 5. The van der Waals surface area contributed by atoms with Gasteiger partial charge < -0.3 is 10.2 Å². The minimum absolute atomic E-state index is 0.112. The SMILES string of the molecule is NS(=O)(=O)c1ccc(NC(=O)c2cccn(OCc3ccccc3F)c2=O)cc1. The highest BCUT2D eigenvalue weighted by molar-refractivity contribution is 7.89. The quantitative estimate of drug-likeness (QED) is 0.630. The molecule has 0 fully saturated rings. The summed E-state index contributed by atoms with van der Waals surface area (Å²) in [6.07, 6.45) is 1.31. The molecule has 0 aliphatic rings. The highest BCUT2D eigenvalue weighted by Gasteiger charge is 2.14. The number of nitrogens with zero attached hydrogens (tertiary/aromatic N) is 1. The van der Waals surface area contributed by atoms with E-state index in [0.29, 0.717) is 0 Å². The molecule has 1 amide bonds. The molecular weight excluding hydrogens is 401 g/mol. The monoisotopic (exact) mass is 417 g/mol. The van der Waals surface area contributed by atoms with Crippen molar-refractivity contribution in [1.29, 1.82) is 0 Å². The van der Waals surface area contributed by atoms with Crippen LogP contribution in [-0.2, 0) is 16.6 Å². The fourth-order valence-corrected chi connectivity index (χ4v) is 2.95. The largest absolute Gasteiger partial charge is 0.406 e. The van der Waals surface area contributed by atoms with Crippen LogP contribution >= 0.6 is 0 Å². The molecule has 0 saturated carbocycles. The first-order valence-electron chi connectivity index (χ1n) is 8.28. The molecule has 0 aliphatic heterocycles. The van der Waals surface area contributed by atoms with E-state index in [-0.39, 0.29) is 28.3 Å². The lowest BCUT2D eigenvalue weighted by Gasteiger charge is -2.11. The van der Waals surface area contributed by atoms with Crippen LogP contribution in [0.1, 0.15) is 15.9 Å². The number of anilines is 1. The van der Waals surface area contributed by atoms with Crippen LogP contribution < -0.4 is 20.9 Å². The molecule has 1 aromatic heterocycles. The predicted molar refractivity (Wildman–Crippen MR) is 103 cm³/mol. The third-order valence-electron chi connectivity index (χ3n) is 3.92. The first-order chi connectivity index (χ1) is 13.8. The number of nitrogens with two attached hydrogens (primary N) is 1. The van der Waals surface area contributed by atoms with Gasteiger partial charge in [0.05, 0.1) is 4.90 Å². The maximum absolute atomic E-state index is 13.7. The molecule has 2 aromatic carbocycles. The number of pyridine rings is 1. The molecule has 8 nitrogen and oxygen atoms in total. The fourth-order valence-electron chi connectivity index (χ4n) is 2.43. The van der Waals surface area contributed by atoms with Crippen LogP contribution in [0.5, 0.6) is 0 Å². The Bertz CT molecular complexity index is 1210. The topological polar surface area (TPSA) is 120 Å². The molecule has 3 rings (SSSR count). The normalized spacial score (nSPS) is 11.1. The van der Waals surface area contributed by atoms with Gasteiger partial charge >= 0.3 is 0 Å². The van der Waals surface area contributed by atoms with Gasteiger partial charge in [-0.1, -0.05) is 18.2 Å². The number of carbonyl (C=O) groups excluding carboxylic acids is 1. The van der Waals surface area contributed by atoms with Gasteiger partial charge in [0, 0.05) is 17.4 Å². The van der Waals surface area contributed by atoms with Gasteiger partial charge in [-0.3, -0.25) is 9.59 Å². The molecule has 10 heteroatoms. The molecule has 0 saturated heterocycles. The molecular formula is C19H16FN3O5S. The number of carbonyl (C=O) groups is 1. The molecule has 3 aromatic rings. The highest BCUT2D eigenvalue weighted by atomic mass is 32.2. The standard InChI is InChI=1S/C19H16FN3O5S/c20-17-6-2-1-4-13(17)12-28-23-11-3-5-16(19(23)25)18(24)22-14-7-9-15(10-8-14)29(21,26)27/h1-11H,12H2,(H,22,24)(H2,21,26,27). The molecule has 0 atom stereocenters. The summed E-state index contributed by atoms with van der Waals surface area (Å²) in [5.74, 6) is -1.19. The van der Waals surface area contributed by atoms with Gasteiger partial charge in [-0.05, 0) is 42.5 Å². The molecule has 1 heterocycles. The number of amides is 1. The van der Waals surface area contributed by atoms with Crippen LogP contribution in [0.2, 0.25) is 0 Å². The van der Waals surface area contributed by atoms with E-state index >= 15 is 0 Å². The summed E-state index contributed by atoms with van der Waals surface area (Å²) in [6, 6.07) is 13.8. The number of sulfonamides is 1. The Morgan fingerprint density at radius 2 is 1.76 bits per heavy atom. The first kappa shape index (κ1) is 20.2. The van der Waals surface area contributed by atoms with Gasteiger partial charge in [0.1, 0.15) is 18.0 Å². The summed E-state index contributed by atoms with van der Waals surface area (Å²) >= 11 is 0. The van der Waals surface area contributed by atoms with E-state index in [2.05, 4.69) is 5.32 Å². The van der Waals surface area contributed by atoms with Crippen LogP contribution in [0.4, 0.5) is 10.1 Å². The smallest absolute Gasteiger partial charge is 0.295 e. The average molecular weight is 417 g/mol. The lowest BCUT2D eigenvalue weighted by atomic mass is 10.2. The summed E-state index contributed by atoms with van der Waals surface area (Å²) in [7, 11) is -3.85. The molecule has 150 valence electrons. The highest BCUT2D eigenvalue weighted by Crippen LogP contribution is 2.13. The maximum atomic E-state index is 13.7. The van der Waals surface area contributed by atoms with E-state index in [9.17, 15) is 22.4 Å². The summed E-state index contributed by atoms with van der Waals surface area (Å²) in [4.78, 5) is 30.1. The van der Waals surface area contributed by atoms with Crippen LogP contribution in [-0.4, -0.2) is 19.1 Å². The van der Waals surface area contributed by atoms with Crippen molar-refractivity contribution in [2.45, 2.75) is 11.5 Å². The van der Waals surface area contributed by atoms with E-state index in [1.807, 2.05) is 0 Å². The molecule has 0 radical (unpaired) electrons. The Morgan fingerprint density at radius 1 is 1.07 bits per heavy atom. The van der Waals surface area contributed by atoms with Crippen LogP contribution in [0.15, 0.2) is 76.6 Å². The zero-order valence-electron chi connectivity index (χ0n) is 14.9. The zero-order valence-corrected chi connectivity index (χ0v) is 15.7. The molecule has 0 spiro atoms. The van der Waals surface area contributed by atoms with Gasteiger partial charge in [0.15, 0.2) is 0 Å². The average Bonchev–Trinajstić information content (AvgIpc) is 2.68. The van der Waals surface area contributed by atoms with Crippen molar-refractivity contribution < 1.29 is 22.4 Å². The molecule has 3 N–H and O–H groups in total. The lowest BCUT2D eigenvalue weighted by molar-refractivity contribution is 0.0847. The molecule has 0 bridgehead atoms. The zero-order chi connectivity index (χ0) is 21.0. The lowest BCUT2D eigenvalue weighted by Crippen LogP contribution is -2.32. The van der Waals surface area contributed by atoms with Crippen molar-refractivity contribution in [1.82, 2.24) is 4.73 Å². The van der Waals surface area contributed by atoms with Crippen molar-refractivity contribution in [2.75, 3.05) is 5.32 Å². The second kappa shape index (κ2) is 8.25. The summed E-state index contributed by atoms with van der Waals surface area (Å²) < 4.78 is 37.0. The number of halogens is 1. The van der Waals surface area contributed by atoms with E-state index in [0.717, 1.165) is 4.73 Å². The molecule has 0 aliphatic carbocycles. The number of nitrogens with one attached hydrogen (secondary N) is 1. The number of benzene rings is 2. The summed E-state index contributed by atoms with van der Waals surface area (Å²) in [5.41, 5.74) is -0.423. The first-order valence-corrected chi connectivity index (χ1v) is 9.83. The Labute approximate surface area is 165 Å². The van der Waals surface area contributed by atoms with Gasteiger partial charge in [0.2, 0.25) is 10.0 Å². The van der Waals surface area contributed by atoms with Crippen molar-refractivity contribution in [2.24, 2.45) is 5.14 Å². The van der Waals surface area contributed by atoms with E-state index in [1.165, 1.54) is 60.8 Å². The molecule has 29 heavy (non-hydrogen) atoms. The summed E-state index contributed by atoms with van der Waals surface area (Å²) in [5, 5.41) is 7.50. The van der Waals surface area contributed by atoms with Crippen LogP contribution in [0, 0.1) is 5.82 Å². The maximum Gasteiger partial charge on any atom is 0.295 e. The molecule has 0 unspecified atom stereocenters. The van der Waals surface area contributed by atoms with Crippen molar-refractivity contribution >= 4 is 21.6 Å². The van der Waals surface area contributed by atoms with Crippen LogP contribution in [0.3, 0.4) is 0 Å². The predicted octanol–water partition coefficient (Wildman–Crippen LogP) is 1.52. The Balaban J connectivity index is 1.75. The Morgan fingerprint density at radius 3 is 2.41 bits per heavy atom. The number of aromatic nitrogens is 1. The number of primary sulfonamides is 1. The minimum atomic E-state index is -3.85. The van der Waals surface area contributed by atoms with Gasteiger partial charge in [-0.2, -0.15) is 4.73 Å². The van der Waals surface area contributed by atoms with E-state index < -0.39 is 27.3 Å². The van der Waals surface area contributed by atoms with Gasteiger partial charge in [-0.25, -0.2) is 17.9 Å². The van der Waals surface area contributed by atoms with Gasteiger partial charge in [-0.15, -0.1) is 0 Å². The second-order valence-corrected chi connectivity index (χ2v) is 7.50. The minimum Gasteiger partial charge on any atom is -0.406 e. The van der Waals surface area contributed by atoms with Crippen molar-refractivity contribution in [3.63, 3.8) is 0 Å². The number of rotatable bonds is 6. The third-order valence-corrected chi connectivity index (χ3v) is 4.85. The second-order valence-electron chi connectivity index (χ2n) is 5.94. The number of hydrogen-bond donors (Lipinski definition) is 2. The van der Waals surface area contributed by atoms with Crippen LogP contribution in [0.25, 0.3) is 0 Å². The van der Waals surface area contributed by atoms with E-state index in [1.54, 1.807) is 6.07 Å². The van der Waals surface area contributed by atoms with Gasteiger partial charge in [0.25, 0.3) is 11.5 Å². The fraction of sp³-hybridized carbons (Fsp3) is 0.0526. The third kappa shape index (κ3) is 4.86. The summed E-state index contributed by atoms with van der Waals surface area (Å²) in [6.45, 7) is -0.202. The van der Waals surface area contributed by atoms with Crippen molar-refractivity contribution in [3.05, 3.63) is 94.2 Å². The Hall–Kier alpha value is -3.50. The van der Waals surface area contributed by atoms with Crippen molar-refractivity contribution in [3.8, 4) is 0 Å².